The van der Waals surface area contributed by atoms with Gasteiger partial charge in [0.05, 0.1) is 6.61 Å². The zero-order chi connectivity index (χ0) is 16.9. The van der Waals surface area contributed by atoms with E-state index >= 15 is 0 Å². The predicted molar refractivity (Wildman–Crippen MR) is 93.7 cm³/mol. The monoisotopic (exact) mass is 337 g/mol. The Morgan fingerprint density at radius 2 is 1.91 bits per heavy atom. The predicted octanol–water partition coefficient (Wildman–Crippen LogP) is 1.41. The molecule has 0 radical (unpaired) electrons. The lowest BCUT2D eigenvalue weighted by Gasteiger charge is -2.05. The van der Waals surface area contributed by atoms with Gasteiger partial charge in [-0.1, -0.05) is 18.2 Å². The van der Waals surface area contributed by atoms with Crippen LogP contribution in [0.5, 0.6) is 0 Å². The van der Waals surface area contributed by atoms with Crippen LogP contribution in [0.2, 0.25) is 0 Å². The summed E-state index contributed by atoms with van der Waals surface area (Å²) in [5, 5.41) is 15.4. The Bertz CT molecular complexity index is 521. The number of amides is 2. The Balaban J connectivity index is 2.21. The first-order valence-corrected chi connectivity index (χ1v) is 8.63. The number of hydrogen-bond donors (Lipinski definition) is 3. The fourth-order valence-electron chi connectivity index (χ4n) is 1.67. The minimum atomic E-state index is -0.268. The van der Waals surface area contributed by atoms with Gasteiger partial charge in [0.2, 0.25) is 5.91 Å². The molecule has 1 aromatic rings. The molecule has 0 aliphatic carbocycles. The average Bonchev–Trinajstić information content (AvgIpc) is 2.58. The summed E-state index contributed by atoms with van der Waals surface area (Å²) in [6.07, 6.45) is 0.825. The molecular weight excluding hydrogens is 314 g/mol. The van der Waals surface area contributed by atoms with Crippen LogP contribution < -0.4 is 10.7 Å². The number of carbonyl (C=O) groups excluding carboxylic acids is 2. The summed E-state index contributed by atoms with van der Waals surface area (Å²) in [4.78, 5) is 23.4. The van der Waals surface area contributed by atoms with Gasteiger partial charge in [0.1, 0.15) is 0 Å². The van der Waals surface area contributed by atoms with Gasteiger partial charge in [-0.05, 0) is 25.5 Å². The largest absolute Gasteiger partial charge is 0.396 e. The summed E-state index contributed by atoms with van der Waals surface area (Å²) < 4.78 is 0. The van der Waals surface area contributed by atoms with E-state index in [1.807, 2.05) is 6.07 Å². The second-order valence-corrected chi connectivity index (χ2v) is 6.06. The molecule has 0 spiro atoms. The minimum absolute atomic E-state index is 0.0430. The first-order chi connectivity index (χ1) is 11.1. The molecule has 6 nitrogen and oxygen atoms in total. The summed E-state index contributed by atoms with van der Waals surface area (Å²) in [6.45, 7) is 2.52. The molecule has 126 valence electrons. The van der Waals surface area contributed by atoms with Crippen molar-refractivity contribution in [3.63, 3.8) is 0 Å². The summed E-state index contributed by atoms with van der Waals surface area (Å²) in [7, 11) is 0. The molecule has 0 heterocycles. The molecule has 0 aliphatic rings. The number of rotatable bonds is 10. The van der Waals surface area contributed by atoms with Crippen molar-refractivity contribution in [3.8, 4) is 0 Å². The van der Waals surface area contributed by atoms with E-state index in [4.69, 9.17) is 5.11 Å². The van der Waals surface area contributed by atoms with Crippen LogP contribution in [0, 0.1) is 0 Å². The number of nitrogens with zero attached hydrogens (tertiary/aromatic N) is 1. The van der Waals surface area contributed by atoms with E-state index in [1.54, 1.807) is 43.0 Å². The maximum atomic E-state index is 11.8. The number of benzene rings is 1. The van der Waals surface area contributed by atoms with Crippen molar-refractivity contribution in [2.45, 2.75) is 19.8 Å². The van der Waals surface area contributed by atoms with Gasteiger partial charge < -0.3 is 10.4 Å². The van der Waals surface area contributed by atoms with Gasteiger partial charge in [0, 0.05) is 35.7 Å². The highest BCUT2D eigenvalue weighted by Crippen LogP contribution is 1.99. The first kappa shape index (κ1) is 19.2. The molecule has 0 fully saturated rings. The van der Waals surface area contributed by atoms with Crippen LogP contribution in [0.15, 0.2) is 35.4 Å². The van der Waals surface area contributed by atoms with E-state index in [2.05, 4.69) is 15.8 Å². The Labute approximate surface area is 140 Å². The van der Waals surface area contributed by atoms with E-state index in [1.165, 1.54) is 0 Å². The van der Waals surface area contributed by atoms with Crippen molar-refractivity contribution in [1.82, 2.24) is 10.7 Å². The van der Waals surface area contributed by atoms with Crippen LogP contribution in [-0.4, -0.2) is 47.3 Å². The molecule has 0 saturated carbocycles. The topological polar surface area (TPSA) is 90.8 Å². The molecule has 0 bridgehead atoms. The third kappa shape index (κ3) is 9.00. The molecule has 1 aromatic carbocycles. The number of hydrogen-bond acceptors (Lipinski definition) is 5. The molecule has 23 heavy (non-hydrogen) atoms. The number of nitrogens with one attached hydrogen (secondary N) is 2. The normalized spacial score (nSPS) is 11.1. The van der Waals surface area contributed by atoms with Crippen molar-refractivity contribution in [1.29, 1.82) is 0 Å². The lowest BCUT2D eigenvalue weighted by atomic mass is 10.2. The van der Waals surface area contributed by atoms with Crippen molar-refractivity contribution >= 4 is 29.3 Å². The third-order valence-electron chi connectivity index (χ3n) is 2.90. The van der Waals surface area contributed by atoms with Crippen LogP contribution in [-0.2, 0) is 4.79 Å². The number of carbonyl (C=O) groups is 2. The summed E-state index contributed by atoms with van der Waals surface area (Å²) >= 11 is 1.59. The molecular formula is C16H23N3O3S. The minimum Gasteiger partial charge on any atom is -0.396 e. The SMILES string of the molecule is C/C(CCC(=O)NCCSCCO)=N\NC(=O)c1ccccc1. The number of thioether (sulfide) groups is 1. The summed E-state index contributed by atoms with van der Waals surface area (Å²) in [6, 6.07) is 8.83. The van der Waals surface area contributed by atoms with E-state index in [9.17, 15) is 9.59 Å². The summed E-state index contributed by atoms with van der Waals surface area (Å²) in [5.74, 6) is 1.16. The van der Waals surface area contributed by atoms with Gasteiger partial charge in [0.25, 0.3) is 5.91 Å². The number of aliphatic hydroxyl groups excluding tert-OH is 1. The fourth-order valence-corrected chi connectivity index (χ4v) is 2.25. The van der Waals surface area contributed by atoms with E-state index in [0.29, 0.717) is 36.4 Å². The third-order valence-corrected chi connectivity index (χ3v) is 3.87. The highest BCUT2D eigenvalue weighted by molar-refractivity contribution is 7.99. The van der Waals surface area contributed by atoms with Crippen molar-refractivity contribution in [2.75, 3.05) is 24.7 Å². The Morgan fingerprint density at radius 1 is 1.17 bits per heavy atom. The van der Waals surface area contributed by atoms with Crippen LogP contribution in [0.3, 0.4) is 0 Å². The van der Waals surface area contributed by atoms with Crippen LogP contribution in [0.4, 0.5) is 0 Å². The van der Waals surface area contributed by atoms with E-state index in [-0.39, 0.29) is 18.4 Å². The zero-order valence-corrected chi connectivity index (χ0v) is 14.1. The molecule has 0 unspecified atom stereocenters. The molecule has 2 amide bonds. The molecule has 7 heteroatoms. The molecule has 3 N–H and O–H groups in total. The average molecular weight is 337 g/mol. The molecule has 0 saturated heterocycles. The Morgan fingerprint density at radius 3 is 2.61 bits per heavy atom. The van der Waals surface area contributed by atoms with Gasteiger partial charge in [-0.2, -0.15) is 16.9 Å². The lowest BCUT2D eigenvalue weighted by molar-refractivity contribution is -0.120. The summed E-state index contributed by atoms with van der Waals surface area (Å²) in [5.41, 5.74) is 3.72. The van der Waals surface area contributed by atoms with Crippen LogP contribution in [0.25, 0.3) is 0 Å². The maximum absolute atomic E-state index is 11.8. The van der Waals surface area contributed by atoms with Crippen molar-refractivity contribution < 1.29 is 14.7 Å². The van der Waals surface area contributed by atoms with Gasteiger partial charge in [-0.3, -0.25) is 9.59 Å². The van der Waals surface area contributed by atoms with E-state index in [0.717, 1.165) is 5.75 Å². The highest BCUT2D eigenvalue weighted by atomic mass is 32.2. The molecule has 0 aromatic heterocycles. The molecule has 0 aliphatic heterocycles. The Kier molecular flexibility index (Phi) is 9.74. The lowest BCUT2D eigenvalue weighted by Crippen LogP contribution is -2.26. The number of aliphatic hydroxyl groups is 1. The standard InChI is InChI=1S/C16H23N3O3S/c1-13(7-8-15(21)17-9-11-23-12-10-20)18-19-16(22)14-5-3-2-4-6-14/h2-6,20H,7-12H2,1H3,(H,17,21)(H,19,22)/b18-13+. The van der Waals surface area contributed by atoms with Crippen molar-refractivity contribution in [2.24, 2.45) is 5.10 Å². The van der Waals surface area contributed by atoms with E-state index < -0.39 is 0 Å². The van der Waals surface area contributed by atoms with Gasteiger partial charge >= 0.3 is 0 Å². The quantitative estimate of drug-likeness (QED) is 0.342. The second kappa shape index (κ2) is 11.7. The number of hydrazone groups is 1. The van der Waals surface area contributed by atoms with Gasteiger partial charge in [-0.25, -0.2) is 5.43 Å². The maximum Gasteiger partial charge on any atom is 0.271 e. The van der Waals surface area contributed by atoms with Gasteiger partial charge in [-0.15, -0.1) is 0 Å². The smallest absolute Gasteiger partial charge is 0.271 e. The van der Waals surface area contributed by atoms with Crippen LogP contribution >= 0.6 is 11.8 Å². The second-order valence-electron chi connectivity index (χ2n) is 4.84. The molecule has 1 rings (SSSR count). The first-order valence-electron chi connectivity index (χ1n) is 7.47. The van der Waals surface area contributed by atoms with Gasteiger partial charge in [0.15, 0.2) is 0 Å². The molecule has 0 atom stereocenters. The Hall–Kier alpha value is -1.86. The van der Waals surface area contributed by atoms with Crippen molar-refractivity contribution in [3.05, 3.63) is 35.9 Å². The highest BCUT2D eigenvalue weighted by Gasteiger charge is 2.05. The zero-order valence-electron chi connectivity index (χ0n) is 13.2. The fraction of sp³-hybridized carbons (Fsp3) is 0.438. The van der Waals surface area contributed by atoms with Crippen LogP contribution in [0.1, 0.15) is 30.1 Å².